The molecule has 0 N–H and O–H groups in total. The van der Waals surface area contributed by atoms with Gasteiger partial charge in [0.15, 0.2) is 0 Å². The molecule has 3 nitrogen and oxygen atoms in total. The molecule has 21 heavy (non-hydrogen) atoms. The number of ether oxygens (including phenoxy) is 2. The van der Waals surface area contributed by atoms with Crippen LogP contribution in [-0.4, -0.2) is 12.6 Å². The number of esters is 1. The minimum absolute atomic E-state index is 0.308. The first-order valence-corrected chi connectivity index (χ1v) is 7.14. The molecule has 0 fully saturated rings. The van der Waals surface area contributed by atoms with E-state index in [-0.39, 0.29) is 5.97 Å². The monoisotopic (exact) mass is 284 g/mol. The Morgan fingerprint density at radius 2 is 1.86 bits per heavy atom. The predicted octanol–water partition coefficient (Wildman–Crippen LogP) is 4.14. The zero-order valence-corrected chi connectivity index (χ0v) is 12.5. The zero-order chi connectivity index (χ0) is 15.1. The Labute approximate surface area is 125 Å². The van der Waals surface area contributed by atoms with E-state index in [0.717, 1.165) is 12.0 Å². The van der Waals surface area contributed by atoms with Gasteiger partial charge in [-0.25, -0.2) is 4.79 Å². The van der Waals surface area contributed by atoms with Crippen LogP contribution in [0.1, 0.15) is 34.8 Å². The van der Waals surface area contributed by atoms with Crippen molar-refractivity contribution in [3.63, 3.8) is 0 Å². The van der Waals surface area contributed by atoms with Crippen molar-refractivity contribution < 1.29 is 14.3 Å². The van der Waals surface area contributed by atoms with E-state index in [1.807, 2.05) is 25.1 Å². The minimum atomic E-state index is -0.308. The molecule has 2 rings (SSSR count). The first kappa shape index (κ1) is 15.1. The van der Waals surface area contributed by atoms with Gasteiger partial charge in [0.05, 0.1) is 12.2 Å². The largest absolute Gasteiger partial charge is 0.489 e. The van der Waals surface area contributed by atoms with E-state index in [4.69, 9.17) is 9.47 Å². The second kappa shape index (κ2) is 7.48. The van der Waals surface area contributed by atoms with Crippen LogP contribution in [0.15, 0.2) is 48.5 Å². The fourth-order valence-corrected chi connectivity index (χ4v) is 1.84. The van der Waals surface area contributed by atoms with Gasteiger partial charge in [0.25, 0.3) is 0 Å². The van der Waals surface area contributed by atoms with Gasteiger partial charge in [-0.1, -0.05) is 42.8 Å². The standard InChI is InChI=1S/C18H20O3/c1-3-11-20-18(19)16-5-4-6-17(12-16)21-13-15-9-7-14(2)8-10-15/h4-10,12H,3,11,13H2,1-2H3. The Morgan fingerprint density at radius 3 is 2.57 bits per heavy atom. The van der Waals surface area contributed by atoms with Crippen molar-refractivity contribution >= 4 is 5.97 Å². The molecule has 0 aliphatic carbocycles. The van der Waals surface area contributed by atoms with E-state index in [0.29, 0.717) is 24.5 Å². The van der Waals surface area contributed by atoms with Gasteiger partial charge in [-0.05, 0) is 37.1 Å². The van der Waals surface area contributed by atoms with Crippen molar-refractivity contribution in [3.8, 4) is 5.75 Å². The van der Waals surface area contributed by atoms with Crippen LogP contribution in [0.3, 0.4) is 0 Å². The zero-order valence-electron chi connectivity index (χ0n) is 12.5. The molecule has 110 valence electrons. The van der Waals surface area contributed by atoms with Crippen LogP contribution in [0.25, 0.3) is 0 Å². The Kier molecular flexibility index (Phi) is 5.38. The normalized spacial score (nSPS) is 10.2. The molecule has 0 heterocycles. The van der Waals surface area contributed by atoms with E-state index < -0.39 is 0 Å². The topological polar surface area (TPSA) is 35.5 Å². The highest BCUT2D eigenvalue weighted by atomic mass is 16.5. The Hall–Kier alpha value is -2.29. The maximum Gasteiger partial charge on any atom is 0.338 e. The molecule has 0 bridgehead atoms. The van der Waals surface area contributed by atoms with Crippen LogP contribution in [0.5, 0.6) is 5.75 Å². The van der Waals surface area contributed by atoms with Gasteiger partial charge in [0, 0.05) is 0 Å². The molecule has 0 spiro atoms. The summed E-state index contributed by atoms with van der Waals surface area (Å²) in [7, 11) is 0. The molecule has 0 saturated carbocycles. The average Bonchev–Trinajstić information content (AvgIpc) is 2.52. The molecule has 0 atom stereocenters. The summed E-state index contributed by atoms with van der Waals surface area (Å²) in [6.07, 6.45) is 0.815. The molecule has 0 aromatic heterocycles. The molecule has 0 amide bonds. The third-order valence-corrected chi connectivity index (χ3v) is 3.03. The Balaban J connectivity index is 1.97. The van der Waals surface area contributed by atoms with E-state index in [1.54, 1.807) is 18.2 Å². The fourth-order valence-electron chi connectivity index (χ4n) is 1.84. The van der Waals surface area contributed by atoms with Gasteiger partial charge in [0.2, 0.25) is 0 Å². The van der Waals surface area contributed by atoms with Gasteiger partial charge >= 0.3 is 5.97 Å². The van der Waals surface area contributed by atoms with Gasteiger partial charge in [-0.3, -0.25) is 0 Å². The van der Waals surface area contributed by atoms with Crippen molar-refractivity contribution in [3.05, 3.63) is 65.2 Å². The van der Waals surface area contributed by atoms with E-state index in [2.05, 4.69) is 19.1 Å². The highest BCUT2D eigenvalue weighted by Crippen LogP contribution is 2.16. The van der Waals surface area contributed by atoms with E-state index in [9.17, 15) is 4.79 Å². The quantitative estimate of drug-likeness (QED) is 0.748. The molecule has 0 saturated heterocycles. The summed E-state index contributed by atoms with van der Waals surface area (Å²) in [5.74, 6) is 0.360. The fraction of sp³-hybridized carbons (Fsp3) is 0.278. The van der Waals surface area contributed by atoms with Crippen molar-refractivity contribution in [1.82, 2.24) is 0 Å². The molecule has 0 aliphatic heterocycles. The maximum absolute atomic E-state index is 11.8. The second-order valence-corrected chi connectivity index (χ2v) is 4.94. The summed E-state index contributed by atoms with van der Waals surface area (Å²) < 4.78 is 10.8. The first-order valence-electron chi connectivity index (χ1n) is 7.14. The lowest BCUT2D eigenvalue weighted by atomic mass is 10.2. The number of hydrogen-bond acceptors (Lipinski definition) is 3. The van der Waals surface area contributed by atoms with Crippen LogP contribution in [-0.2, 0) is 11.3 Å². The predicted molar refractivity (Wildman–Crippen MR) is 82.5 cm³/mol. The molecule has 0 radical (unpaired) electrons. The van der Waals surface area contributed by atoms with Crippen molar-refractivity contribution in [1.29, 1.82) is 0 Å². The van der Waals surface area contributed by atoms with Crippen LogP contribution in [0.4, 0.5) is 0 Å². The third-order valence-electron chi connectivity index (χ3n) is 3.03. The Bertz CT molecular complexity index is 588. The van der Waals surface area contributed by atoms with Crippen LogP contribution in [0.2, 0.25) is 0 Å². The van der Waals surface area contributed by atoms with Gasteiger partial charge in [-0.15, -0.1) is 0 Å². The molecule has 0 aliphatic rings. The molecule has 2 aromatic carbocycles. The lowest BCUT2D eigenvalue weighted by Crippen LogP contribution is -2.06. The summed E-state index contributed by atoms with van der Waals surface area (Å²) >= 11 is 0. The van der Waals surface area contributed by atoms with Gasteiger partial charge in [0.1, 0.15) is 12.4 Å². The van der Waals surface area contributed by atoms with E-state index >= 15 is 0 Å². The summed E-state index contributed by atoms with van der Waals surface area (Å²) in [5.41, 5.74) is 2.84. The summed E-state index contributed by atoms with van der Waals surface area (Å²) in [6.45, 7) is 4.94. The van der Waals surface area contributed by atoms with Crippen LogP contribution >= 0.6 is 0 Å². The third kappa shape index (κ3) is 4.63. The van der Waals surface area contributed by atoms with E-state index in [1.165, 1.54) is 5.56 Å². The highest BCUT2D eigenvalue weighted by Gasteiger charge is 2.07. The molecular formula is C18H20O3. The van der Waals surface area contributed by atoms with Crippen LogP contribution in [0, 0.1) is 6.92 Å². The van der Waals surface area contributed by atoms with Crippen molar-refractivity contribution in [2.75, 3.05) is 6.61 Å². The summed E-state index contributed by atoms with van der Waals surface area (Å²) in [5, 5.41) is 0. The molecule has 0 unspecified atom stereocenters. The van der Waals surface area contributed by atoms with Crippen LogP contribution < -0.4 is 4.74 Å². The molecule has 2 aromatic rings. The highest BCUT2D eigenvalue weighted by molar-refractivity contribution is 5.89. The van der Waals surface area contributed by atoms with Gasteiger partial charge in [-0.2, -0.15) is 0 Å². The lowest BCUT2D eigenvalue weighted by Gasteiger charge is -2.08. The summed E-state index contributed by atoms with van der Waals surface area (Å²) in [6, 6.07) is 15.3. The maximum atomic E-state index is 11.8. The van der Waals surface area contributed by atoms with Crippen molar-refractivity contribution in [2.45, 2.75) is 26.9 Å². The number of hydrogen-bond donors (Lipinski definition) is 0. The SMILES string of the molecule is CCCOC(=O)c1cccc(OCc2ccc(C)cc2)c1. The number of carbonyl (C=O) groups excluding carboxylic acids is 1. The summed E-state index contributed by atoms with van der Waals surface area (Å²) in [4.78, 5) is 11.8. The van der Waals surface area contributed by atoms with Crippen molar-refractivity contribution in [2.24, 2.45) is 0 Å². The second-order valence-electron chi connectivity index (χ2n) is 4.94. The number of benzene rings is 2. The average molecular weight is 284 g/mol. The Morgan fingerprint density at radius 1 is 1.10 bits per heavy atom. The van der Waals surface area contributed by atoms with Gasteiger partial charge < -0.3 is 9.47 Å². The molecular weight excluding hydrogens is 264 g/mol. The minimum Gasteiger partial charge on any atom is -0.489 e. The number of aryl methyl sites for hydroxylation is 1. The first-order chi connectivity index (χ1) is 10.2. The smallest absolute Gasteiger partial charge is 0.338 e. The molecule has 3 heteroatoms. The lowest BCUT2D eigenvalue weighted by molar-refractivity contribution is 0.0504. The number of rotatable bonds is 6. The number of carbonyl (C=O) groups is 1.